The van der Waals surface area contributed by atoms with Crippen LogP contribution in [0.25, 0.3) is 0 Å². The molecule has 0 saturated heterocycles. The molecule has 1 atom stereocenters. The number of aryl methyl sites for hydroxylation is 1. The van der Waals surface area contributed by atoms with E-state index >= 15 is 0 Å². The van der Waals surface area contributed by atoms with Gasteiger partial charge < -0.3 is 10.1 Å². The molecule has 1 amide bonds. The molecule has 1 heterocycles. The van der Waals surface area contributed by atoms with Gasteiger partial charge in [-0.2, -0.15) is 5.10 Å². The number of hydrogen-bond acceptors (Lipinski definition) is 6. The number of anilines is 1. The summed E-state index contributed by atoms with van der Waals surface area (Å²) in [5.74, 6) is -1.36. The number of ketones is 2. The zero-order valence-corrected chi connectivity index (χ0v) is 21.0. The second-order valence-corrected chi connectivity index (χ2v) is 9.46. The maximum Gasteiger partial charge on any atom is 0.311 e. The third-order valence-electron chi connectivity index (χ3n) is 6.28. The monoisotopic (exact) mass is 487 g/mol. The summed E-state index contributed by atoms with van der Waals surface area (Å²) in [5, 5.41) is 7.18. The van der Waals surface area contributed by atoms with Gasteiger partial charge in [0.25, 0.3) is 5.91 Å². The van der Waals surface area contributed by atoms with Crippen LogP contribution in [-0.4, -0.2) is 39.3 Å². The Balaban J connectivity index is 1.47. The van der Waals surface area contributed by atoms with Crippen molar-refractivity contribution in [3.05, 3.63) is 81.7 Å². The fourth-order valence-electron chi connectivity index (χ4n) is 4.43. The zero-order valence-electron chi connectivity index (χ0n) is 21.0. The van der Waals surface area contributed by atoms with Gasteiger partial charge in [-0.05, 0) is 32.8 Å². The Labute approximate surface area is 209 Å². The molecule has 186 valence electrons. The molecule has 0 aliphatic heterocycles. The maximum absolute atomic E-state index is 13.1. The van der Waals surface area contributed by atoms with Crippen LogP contribution in [0.3, 0.4) is 0 Å². The van der Waals surface area contributed by atoms with Crippen LogP contribution in [0, 0.1) is 19.8 Å². The molecule has 36 heavy (non-hydrogen) atoms. The molecule has 1 N–H and O–H groups in total. The van der Waals surface area contributed by atoms with Gasteiger partial charge in [-0.1, -0.05) is 50.2 Å². The van der Waals surface area contributed by atoms with Crippen molar-refractivity contribution < 1.29 is 23.9 Å². The van der Waals surface area contributed by atoms with Crippen molar-refractivity contribution in [3.8, 4) is 0 Å². The van der Waals surface area contributed by atoms with Gasteiger partial charge in [-0.3, -0.25) is 23.9 Å². The molecule has 1 aromatic heterocycles. The Morgan fingerprint density at radius 2 is 1.58 bits per heavy atom. The molecule has 0 bridgehead atoms. The second-order valence-electron chi connectivity index (χ2n) is 9.46. The van der Waals surface area contributed by atoms with E-state index in [1.165, 1.54) is 6.92 Å². The summed E-state index contributed by atoms with van der Waals surface area (Å²) in [4.78, 5) is 51.6. The quantitative estimate of drug-likeness (QED) is 0.394. The van der Waals surface area contributed by atoms with E-state index in [2.05, 4.69) is 24.3 Å². The summed E-state index contributed by atoms with van der Waals surface area (Å²) in [7, 11) is 0. The average molecular weight is 488 g/mol. The van der Waals surface area contributed by atoms with Crippen LogP contribution in [0.4, 0.5) is 5.69 Å². The van der Waals surface area contributed by atoms with Gasteiger partial charge in [0, 0.05) is 34.5 Å². The Morgan fingerprint density at radius 1 is 0.944 bits per heavy atom. The first-order chi connectivity index (χ1) is 17.1. The molecule has 8 nitrogen and oxygen atoms in total. The molecule has 3 aromatic rings. The standard InChI is InChI=1S/C28H29N3O5/c1-15(2)14-31-17(4)22(16(3)30-31)13-24(32)36-18(5)28(35)29-23-12-8-11-21-25(23)27(34)20-10-7-6-9-19(20)26(21)33/h6-12,15,18H,13-14H2,1-5H3,(H,29,35). The van der Waals surface area contributed by atoms with Crippen LogP contribution in [0.5, 0.6) is 0 Å². The molecule has 8 heteroatoms. The SMILES string of the molecule is Cc1nn(CC(C)C)c(C)c1CC(=O)OC(C)C(=O)Nc1cccc2c1C(=O)c1ccccc1C2=O. The van der Waals surface area contributed by atoms with Gasteiger partial charge >= 0.3 is 5.97 Å². The minimum absolute atomic E-state index is 0.00209. The van der Waals surface area contributed by atoms with Gasteiger partial charge in [0.05, 0.1) is 23.4 Å². The Bertz CT molecular complexity index is 1390. The summed E-state index contributed by atoms with van der Waals surface area (Å²) < 4.78 is 7.28. The molecule has 0 radical (unpaired) electrons. The number of benzene rings is 2. The lowest BCUT2D eigenvalue weighted by Crippen LogP contribution is -2.32. The second kappa shape index (κ2) is 9.89. The van der Waals surface area contributed by atoms with Crippen molar-refractivity contribution in [1.82, 2.24) is 9.78 Å². The first-order valence-electron chi connectivity index (χ1n) is 11.9. The lowest BCUT2D eigenvalue weighted by atomic mass is 9.83. The molecule has 2 aromatic carbocycles. The van der Waals surface area contributed by atoms with Crippen molar-refractivity contribution in [1.29, 1.82) is 0 Å². The number of carbonyl (C=O) groups excluding carboxylic acids is 4. The smallest absolute Gasteiger partial charge is 0.311 e. The highest BCUT2D eigenvalue weighted by molar-refractivity contribution is 6.30. The number of nitrogens with zero attached hydrogens (tertiary/aromatic N) is 2. The molecular formula is C28H29N3O5. The molecule has 4 rings (SSSR count). The van der Waals surface area contributed by atoms with Gasteiger partial charge in [0.2, 0.25) is 0 Å². The minimum atomic E-state index is -1.11. The summed E-state index contributed by atoms with van der Waals surface area (Å²) in [6.07, 6.45) is -1.11. The molecule has 0 spiro atoms. The Kier molecular flexibility index (Phi) is 6.88. The molecule has 0 saturated carbocycles. The lowest BCUT2D eigenvalue weighted by Gasteiger charge is -2.21. The summed E-state index contributed by atoms with van der Waals surface area (Å²) in [6.45, 7) is 10.2. The minimum Gasteiger partial charge on any atom is -0.452 e. The number of fused-ring (bicyclic) bond motifs is 2. The number of ether oxygens (including phenoxy) is 1. The van der Waals surface area contributed by atoms with E-state index in [9.17, 15) is 19.2 Å². The molecule has 1 unspecified atom stereocenters. The molecule has 0 fully saturated rings. The number of carbonyl (C=O) groups is 4. The number of hydrogen-bond donors (Lipinski definition) is 1. The zero-order chi connectivity index (χ0) is 26.1. The van der Waals surface area contributed by atoms with Crippen LogP contribution in [-0.2, 0) is 27.3 Å². The van der Waals surface area contributed by atoms with Gasteiger partial charge in [-0.25, -0.2) is 0 Å². The predicted octanol–water partition coefficient (Wildman–Crippen LogP) is 4.04. The summed E-state index contributed by atoms with van der Waals surface area (Å²) in [6, 6.07) is 11.3. The van der Waals surface area contributed by atoms with Gasteiger partial charge in [0.1, 0.15) is 0 Å². The van der Waals surface area contributed by atoms with Crippen molar-refractivity contribution in [2.75, 3.05) is 5.32 Å². The normalized spacial score (nSPS) is 13.3. The third-order valence-corrected chi connectivity index (χ3v) is 6.28. The maximum atomic E-state index is 13.1. The highest BCUT2D eigenvalue weighted by Gasteiger charge is 2.32. The van der Waals surface area contributed by atoms with Crippen LogP contribution >= 0.6 is 0 Å². The highest BCUT2D eigenvalue weighted by atomic mass is 16.5. The van der Waals surface area contributed by atoms with E-state index in [1.54, 1.807) is 42.5 Å². The fourth-order valence-corrected chi connectivity index (χ4v) is 4.43. The van der Waals surface area contributed by atoms with Crippen LogP contribution in [0.1, 0.15) is 69.6 Å². The number of aromatic nitrogens is 2. The fraction of sp³-hybridized carbons (Fsp3) is 0.321. The number of esters is 1. The average Bonchev–Trinajstić information content (AvgIpc) is 3.09. The largest absolute Gasteiger partial charge is 0.452 e. The Hall–Kier alpha value is -4.07. The van der Waals surface area contributed by atoms with Crippen LogP contribution < -0.4 is 5.32 Å². The van der Waals surface area contributed by atoms with Crippen molar-refractivity contribution >= 4 is 29.1 Å². The van der Waals surface area contributed by atoms with Crippen molar-refractivity contribution in [2.45, 2.75) is 53.7 Å². The van der Waals surface area contributed by atoms with E-state index in [1.807, 2.05) is 18.5 Å². The predicted molar refractivity (Wildman–Crippen MR) is 134 cm³/mol. The van der Waals surface area contributed by atoms with E-state index in [-0.39, 0.29) is 34.8 Å². The summed E-state index contributed by atoms with van der Waals surface area (Å²) in [5.41, 5.74) is 3.63. The summed E-state index contributed by atoms with van der Waals surface area (Å²) >= 11 is 0. The van der Waals surface area contributed by atoms with Crippen LogP contribution in [0.15, 0.2) is 42.5 Å². The van der Waals surface area contributed by atoms with E-state index in [0.29, 0.717) is 17.0 Å². The van der Waals surface area contributed by atoms with Gasteiger partial charge in [-0.15, -0.1) is 0 Å². The molecule has 1 aliphatic carbocycles. The third kappa shape index (κ3) is 4.71. The van der Waals surface area contributed by atoms with E-state index in [4.69, 9.17) is 4.74 Å². The van der Waals surface area contributed by atoms with Crippen molar-refractivity contribution in [2.24, 2.45) is 5.92 Å². The van der Waals surface area contributed by atoms with E-state index in [0.717, 1.165) is 23.5 Å². The van der Waals surface area contributed by atoms with Crippen LogP contribution in [0.2, 0.25) is 0 Å². The Morgan fingerprint density at radius 3 is 2.25 bits per heavy atom. The molecular weight excluding hydrogens is 458 g/mol. The van der Waals surface area contributed by atoms with Crippen molar-refractivity contribution in [3.63, 3.8) is 0 Å². The van der Waals surface area contributed by atoms with E-state index < -0.39 is 18.0 Å². The lowest BCUT2D eigenvalue weighted by molar-refractivity contribution is -0.152. The number of amides is 1. The first kappa shape index (κ1) is 25.0. The number of rotatable bonds is 7. The number of nitrogens with one attached hydrogen (secondary N) is 1. The topological polar surface area (TPSA) is 107 Å². The highest BCUT2D eigenvalue weighted by Crippen LogP contribution is 2.32. The first-order valence-corrected chi connectivity index (χ1v) is 11.9. The molecule has 1 aliphatic rings. The van der Waals surface area contributed by atoms with Gasteiger partial charge in [0.15, 0.2) is 17.7 Å².